The van der Waals surface area contributed by atoms with E-state index in [1.54, 1.807) is 6.26 Å². The van der Waals surface area contributed by atoms with Crippen LogP contribution in [0.4, 0.5) is 5.69 Å². The first kappa shape index (κ1) is 12.8. The standard InChI is InChI=1S/C16H13ClN2O/c17-15-7-2-1-4-11(15)9-14-10-20-16(19-14)12-5-3-6-13(18)8-12/h1-8,10H,9,18H2. The Morgan fingerprint density at radius 3 is 2.75 bits per heavy atom. The Labute approximate surface area is 122 Å². The molecule has 3 nitrogen and oxygen atoms in total. The fraction of sp³-hybridized carbons (Fsp3) is 0.0625. The molecule has 0 unspecified atom stereocenters. The van der Waals surface area contributed by atoms with E-state index in [1.807, 2.05) is 48.5 Å². The molecule has 20 heavy (non-hydrogen) atoms. The number of hydrogen-bond donors (Lipinski definition) is 1. The predicted molar refractivity (Wildman–Crippen MR) is 80.6 cm³/mol. The molecule has 2 N–H and O–H groups in total. The van der Waals surface area contributed by atoms with Crippen LogP contribution in [0.3, 0.4) is 0 Å². The molecule has 1 heterocycles. The summed E-state index contributed by atoms with van der Waals surface area (Å²) in [6.45, 7) is 0. The average Bonchev–Trinajstić information content (AvgIpc) is 2.90. The van der Waals surface area contributed by atoms with Gasteiger partial charge in [0.05, 0.1) is 5.69 Å². The van der Waals surface area contributed by atoms with E-state index in [9.17, 15) is 0 Å². The van der Waals surface area contributed by atoms with Crippen LogP contribution < -0.4 is 5.73 Å². The van der Waals surface area contributed by atoms with Crippen molar-refractivity contribution >= 4 is 17.3 Å². The highest BCUT2D eigenvalue weighted by Gasteiger charge is 2.09. The van der Waals surface area contributed by atoms with E-state index in [0.29, 0.717) is 18.0 Å². The topological polar surface area (TPSA) is 52.0 Å². The van der Waals surface area contributed by atoms with E-state index in [2.05, 4.69) is 4.98 Å². The summed E-state index contributed by atoms with van der Waals surface area (Å²) in [4.78, 5) is 4.48. The molecule has 0 bridgehead atoms. The number of nitrogens with two attached hydrogens (primary N) is 1. The number of aromatic nitrogens is 1. The van der Waals surface area contributed by atoms with E-state index in [0.717, 1.165) is 21.8 Å². The maximum atomic E-state index is 6.14. The molecule has 3 aromatic rings. The van der Waals surface area contributed by atoms with Gasteiger partial charge in [0.1, 0.15) is 6.26 Å². The predicted octanol–water partition coefficient (Wildman–Crippen LogP) is 4.17. The summed E-state index contributed by atoms with van der Waals surface area (Å²) >= 11 is 6.14. The number of halogens is 1. The van der Waals surface area contributed by atoms with Gasteiger partial charge < -0.3 is 10.2 Å². The molecule has 0 fully saturated rings. The molecule has 2 aromatic carbocycles. The van der Waals surface area contributed by atoms with Crippen molar-refractivity contribution in [1.29, 1.82) is 0 Å². The summed E-state index contributed by atoms with van der Waals surface area (Å²) in [5.41, 5.74) is 9.19. The quantitative estimate of drug-likeness (QED) is 0.735. The normalized spacial score (nSPS) is 10.7. The van der Waals surface area contributed by atoms with Crippen LogP contribution in [0, 0.1) is 0 Å². The molecule has 0 spiro atoms. The highest BCUT2D eigenvalue weighted by atomic mass is 35.5. The van der Waals surface area contributed by atoms with Crippen LogP contribution in [0.25, 0.3) is 11.5 Å². The van der Waals surface area contributed by atoms with Crippen molar-refractivity contribution in [3.63, 3.8) is 0 Å². The van der Waals surface area contributed by atoms with Crippen molar-refractivity contribution in [2.24, 2.45) is 0 Å². The molecule has 0 aliphatic heterocycles. The van der Waals surface area contributed by atoms with Crippen LogP contribution in [0.1, 0.15) is 11.3 Å². The van der Waals surface area contributed by atoms with Gasteiger partial charge in [0.15, 0.2) is 0 Å². The lowest BCUT2D eigenvalue weighted by Crippen LogP contribution is -1.90. The zero-order chi connectivity index (χ0) is 13.9. The number of benzene rings is 2. The van der Waals surface area contributed by atoms with Gasteiger partial charge in [-0.05, 0) is 29.8 Å². The fourth-order valence-electron chi connectivity index (χ4n) is 2.03. The van der Waals surface area contributed by atoms with E-state index in [1.165, 1.54) is 0 Å². The van der Waals surface area contributed by atoms with Crippen LogP contribution >= 0.6 is 11.6 Å². The van der Waals surface area contributed by atoms with E-state index in [-0.39, 0.29) is 0 Å². The first-order valence-corrected chi connectivity index (χ1v) is 6.64. The van der Waals surface area contributed by atoms with Crippen molar-refractivity contribution < 1.29 is 4.42 Å². The van der Waals surface area contributed by atoms with Gasteiger partial charge in [0.2, 0.25) is 5.89 Å². The third-order valence-corrected chi connectivity index (χ3v) is 3.38. The van der Waals surface area contributed by atoms with Gasteiger partial charge in [-0.15, -0.1) is 0 Å². The molecular formula is C16H13ClN2O. The summed E-state index contributed by atoms with van der Waals surface area (Å²) in [5, 5.41) is 0.737. The third-order valence-electron chi connectivity index (χ3n) is 3.01. The van der Waals surface area contributed by atoms with Gasteiger partial charge in [-0.25, -0.2) is 4.98 Å². The number of hydrogen-bond acceptors (Lipinski definition) is 3. The van der Waals surface area contributed by atoms with E-state index >= 15 is 0 Å². The molecule has 0 aliphatic carbocycles. The molecule has 0 saturated heterocycles. The number of nitrogens with zero attached hydrogens (tertiary/aromatic N) is 1. The molecule has 0 radical (unpaired) electrons. The van der Waals surface area contributed by atoms with Gasteiger partial charge in [-0.3, -0.25) is 0 Å². The first-order valence-electron chi connectivity index (χ1n) is 6.26. The van der Waals surface area contributed by atoms with E-state index in [4.69, 9.17) is 21.8 Å². The van der Waals surface area contributed by atoms with E-state index < -0.39 is 0 Å². The van der Waals surface area contributed by atoms with Crippen molar-refractivity contribution in [1.82, 2.24) is 4.98 Å². The largest absolute Gasteiger partial charge is 0.444 e. The highest BCUT2D eigenvalue weighted by molar-refractivity contribution is 6.31. The zero-order valence-electron chi connectivity index (χ0n) is 10.7. The Morgan fingerprint density at radius 1 is 1.10 bits per heavy atom. The van der Waals surface area contributed by atoms with Crippen LogP contribution in [0.5, 0.6) is 0 Å². The Hall–Kier alpha value is -2.26. The van der Waals surface area contributed by atoms with Gasteiger partial charge in [-0.2, -0.15) is 0 Å². The molecule has 0 atom stereocenters. The summed E-state index contributed by atoms with van der Waals surface area (Å²) in [5.74, 6) is 0.569. The molecular weight excluding hydrogens is 272 g/mol. The van der Waals surface area contributed by atoms with Crippen LogP contribution in [-0.4, -0.2) is 4.98 Å². The first-order chi connectivity index (χ1) is 9.72. The van der Waals surface area contributed by atoms with Crippen LogP contribution in [-0.2, 0) is 6.42 Å². The number of anilines is 1. The average molecular weight is 285 g/mol. The van der Waals surface area contributed by atoms with Crippen LogP contribution in [0.15, 0.2) is 59.2 Å². The second-order valence-electron chi connectivity index (χ2n) is 4.54. The summed E-state index contributed by atoms with van der Waals surface area (Å²) in [6.07, 6.45) is 2.30. The van der Waals surface area contributed by atoms with Gasteiger partial charge >= 0.3 is 0 Å². The van der Waals surface area contributed by atoms with Gasteiger partial charge in [0, 0.05) is 22.7 Å². The second kappa shape index (κ2) is 5.39. The molecule has 4 heteroatoms. The van der Waals surface area contributed by atoms with Crippen molar-refractivity contribution in [2.45, 2.75) is 6.42 Å². The SMILES string of the molecule is Nc1cccc(-c2nc(Cc3ccccc3Cl)co2)c1. The minimum atomic E-state index is 0.569. The summed E-state index contributed by atoms with van der Waals surface area (Å²) in [6, 6.07) is 15.2. The fourth-order valence-corrected chi connectivity index (χ4v) is 2.23. The lowest BCUT2D eigenvalue weighted by atomic mass is 10.1. The molecule has 1 aromatic heterocycles. The lowest BCUT2D eigenvalue weighted by Gasteiger charge is -2.00. The highest BCUT2D eigenvalue weighted by Crippen LogP contribution is 2.23. The summed E-state index contributed by atoms with van der Waals surface area (Å²) in [7, 11) is 0. The maximum absolute atomic E-state index is 6.14. The minimum absolute atomic E-state index is 0.569. The molecule has 0 aliphatic rings. The molecule has 100 valence electrons. The second-order valence-corrected chi connectivity index (χ2v) is 4.94. The molecule has 0 saturated carbocycles. The maximum Gasteiger partial charge on any atom is 0.226 e. The Bertz CT molecular complexity index is 737. The molecule has 3 rings (SSSR count). The Morgan fingerprint density at radius 2 is 1.95 bits per heavy atom. The smallest absolute Gasteiger partial charge is 0.226 e. The third kappa shape index (κ3) is 2.68. The summed E-state index contributed by atoms with van der Waals surface area (Å²) < 4.78 is 5.51. The van der Waals surface area contributed by atoms with Gasteiger partial charge in [0.25, 0.3) is 0 Å². The van der Waals surface area contributed by atoms with Gasteiger partial charge in [-0.1, -0.05) is 35.9 Å². The van der Waals surface area contributed by atoms with Crippen LogP contribution in [0.2, 0.25) is 5.02 Å². The van der Waals surface area contributed by atoms with Crippen molar-refractivity contribution in [3.05, 3.63) is 71.1 Å². The molecule has 0 amide bonds. The number of oxazole rings is 1. The minimum Gasteiger partial charge on any atom is -0.444 e. The Balaban J connectivity index is 1.86. The monoisotopic (exact) mass is 284 g/mol. The Kier molecular flexibility index (Phi) is 3.44. The van der Waals surface area contributed by atoms with Crippen molar-refractivity contribution in [2.75, 3.05) is 5.73 Å². The number of nitrogen functional groups attached to an aromatic ring is 1. The lowest BCUT2D eigenvalue weighted by molar-refractivity contribution is 0.573. The number of rotatable bonds is 3. The zero-order valence-corrected chi connectivity index (χ0v) is 11.5. The van der Waals surface area contributed by atoms with Crippen molar-refractivity contribution in [3.8, 4) is 11.5 Å².